The minimum atomic E-state index is 0.660. The number of imidazole rings is 1. The monoisotopic (exact) mass is 258 g/mol. The molecule has 3 heteroatoms. The third-order valence-corrected chi connectivity index (χ3v) is 4.75. The van der Waals surface area contributed by atoms with Gasteiger partial charge in [0.1, 0.15) is 0 Å². The highest BCUT2D eigenvalue weighted by atomic mass is 32.1. The second kappa shape index (κ2) is 3.70. The zero-order valence-corrected chi connectivity index (χ0v) is 11.5. The molecule has 2 aliphatic carbocycles. The van der Waals surface area contributed by atoms with E-state index < -0.39 is 0 Å². The first kappa shape index (κ1) is 10.8. The van der Waals surface area contributed by atoms with Gasteiger partial charge in [-0.05, 0) is 68.3 Å². The van der Waals surface area contributed by atoms with E-state index >= 15 is 0 Å². The maximum atomic E-state index is 5.59. The number of aromatic nitrogens is 2. The van der Waals surface area contributed by atoms with E-state index in [1.54, 1.807) is 0 Å². The first-order valence-electron chi connectivity index (χ1n) is 6.95. The Morgan fingerprint density at radius 1 is 1.22 bits per heavy atom. The van der Waals surface area contributed by atoms with E-state index in [2.05, 4.69) is 34.7 Å². The Morgan fingerprint density at radius 2 is 1.89 bits per heavy atom. The van der Waals surface area contributed by atoms with Crippen molar-refractivity contribution in [1.82, 2.24) is 9.55 Å². The number of hydrogen-bond donors (Lipinski definition) is 1. The minimum Gasteiger partial charge on any atom is -0.331 e. The van der Waals surface area contributed by atoms with Crippen molar-refractivity contribution in [2.75, 3.05) is 0 Å². The molecule has 0 amide bonds. The second-order valence-electron chi connectivity index (χ2n) is 5.94. The maximum absolute atomic E-state index is 5.59. The Bertz CT molecular complexity index is 647. The van der Waals surface area contributed by atoms with Crippen molar-refractivity contribution in [2.24, 2.45) is 11.8 Å². The lowest BCUT2D eigenvalue weighted by Gasteiger charge is -2.19. The van der Waals surface area contributed by atoms with Gasteiger partial charge < -0.3 is 9.55 Å². The maximum Gasteiger partial charge on any atom is 0.178 e. The van der Waals surface area contributed by atoms with Crippen LogP contribution in [0, 0.1) is 23.5 Å². The van der Waals surface area contributed by atoms with E-state index in [0.717, 1.165) is 16.6 Å². The number of para-hydroxylation sites is 1. The molecule has 4 rings (SSSR count). The van der Waals surface area contributed by atoms with Crippen LogP contribution in [0.2, 0.25) is 0 Å². The fourth-order valence-corrected chi connectivity index (χ4v) is 3.65. The van der Waals surface area contributed by atoms with Crippen molar-refractivity contribution in [3.8, 4) is 0 Å². The summed E-state index contributed by atoms with van der Waals surface area (Å²) in [7, 11) is 0. The van der Waals surface area contributed by atoms with Gasteiger partial charge in [0.05, 0.1) is 11.0 Å². The van der Waals surface area contributed by atoms with Crippen molar-refractivity contribution < 1.29 is 0 Å². The summed E-state index contributed by atoms with van der Waals surface area (Å²) in [6.07, 6.45) is 5.56. The molecule has 0 atom stereocenters. The van der Waals surface area contributed by atoms with Crippen LogP contribution in [-0.2, 0) is 0 Å². The van der Waals surface area contributed by atoms with Gasteiger partial charge in [0.25, 0.3) is 0 Å². The van der Waals surface area contributed by atoms with E-state index in [1.807, 2.05) is 0 Å². The summed E-state index contributed by atoms with van der Waals surface area (Å²) in [4.78, 5) is 3.39. The van der Waals surface area contributed by atoms with Gasteiger partial charge in [-0.1, -0.05) is 12.1 Å². The van der Waals surface area contributed by atoms with Gasteiger partial charge in [-0.3, -0.25) is 0 Å². The standard InChI is InChI=1S/C15H18N2S/c1-9-3-2-4-12-13(9)17(15(18)16-12)14(10-5-6-10)11-7-8-11/h2-4,10-11,14H,5-8H2,1H3,(H,16,18). The Kier molecular flexibility index (Phi) is 2.22. The lowest BCUT2D eigenvalue weighted by Crippen LogP contribution is -2.14. The quantitative estimate of drug-likeness (QED) is 0.811. The highest BCUT2D eigenvalue weighted by molar-refractivity contribution is 7.71. The third-order valence-electron chi connectivity index (χ3n) is 4.45. The average Bonchev–Trinajstić information content (AvgIpc) is 3.22. The number of nitrogens with one attached hydrogen (secondary N) is 1. The summed E-state index contributed by atoms with van der Waals surface area (Å²) >= 11 is 5.59. The summed E-state index contributed by atoms with van der Waals surface area (Å²) in [5.74, 6) is 1.76. The van der Waals surface area contributed by atoms with Crippen LogP contribution in [0.5, 0.6) is 0 Å². The van der Waals surface area contributed by atoms with Crippen LogP contribution in [0.1, 0.15) is 37.3 Å². The van der Waals surface area contributed by atoms with E-state index in [-0.39, 0.29) is 0 Å². The molecule has 0 saturated heterocycles. The Balaban J connectivity index is 1.97. The molecule has 1 aromatic carbocycles. The number of rotatable bonds is 3. The third kappa shape index (κ3) is 1.57. The summed E-state index contributed by atoms with van der Waals surface area (Å²) in [6, 6.07) is 7.10. The van der Waals surface area contributed by atoms with E-state index in [9.17, 15) is 0 Å². The lowest BCUT2D eigenvalue weighted by atomic mass is 10.1. The predicted molar refractivity (Wildman–Crippen MR) is 76.3 cm³/mol. The Morgan fingerprint density at radius 3 is 2.50 bits per heavy atom. The number of nitrogens with zero attached hydrogens (tertiary/aromatic N) is 1. The SMILES string of the molecule is Cc1cccc2[nH]c(=S)n(C(C3CC3)C3CC3)c12. The normalized spacial score (nSPS) is 19.9. The van der Waals surface area contributed by atoms with Gasteiger partial charge >= 0.3 is 0 Å². The molecule has 0 spiro atoms. The number of hydrogen-bond acceptors (Lipinski definition) is 1. The van der Waals surface area contributed by atoms with Gasteiger partial charge in [0.15, 0.2) is 4.77 Å². The molecule has 0 unspecified atom stereocenters. The van der Waals surface area contributed by atoms with Crippen LogP contribution < -0.4 is 0 Å². The van der Waals surface area contributed by atoms with Gasteiger partial charge in [-0.15, -0.1) is 0 Å². The zero-order valence-electron chi connectivity index (χ0n) is 10.6. The molecule has 94 valence electrons. The first-order valence-corrected chi connectivity index (χ1v) is 7.36. The number of benzene rings is 1. The van der Waals surface area contributed by atoms with Gasteiger partial charge in [-0.2, -0.15) is 0 Å². The molecule has 0 aliphatic heterocycles. The van der Waals surface area contributed by atoms with E-state index in [4.69, 9.17) is 12.2 Å². The molecule has 1 N–H and O–H groups in total. The molecule has 0 bridgehead atoms. The Labute approximate surface area is 112 Å². The molecule has 2 aliphatic rings. The Hall–Kier alpha value is -1.09. The number of aryl methyl sites for hydroxylation is 1. The van der Waals surface area contributed by atoms with Gasteiger partial charge in [-0.25, -0.2) is 0 Å². The van der Waals surface area contributed by atoms with Crippen LogP contribution in [0.3, 0.4) is 0 Å². The van der Waals surface area contributed by atoms with Crippen molar-refractivity contribution in [3.05, 3.63) is 28.5 Å². The first-order chi connectivity index (χ1) is 8.75. The number of aromatic amines is 1. The molecule has 18 heavy (non-hydrogen) atoms. The summed E-state index contributed by atoms with van der Waals surface area (Å²) < 4.78 is 3.36. The average molecular weight is 258 g/mol. The highest BCUT2D eigenvalue weighted by Crippen LogP contribution is 2.53. The number of fused-ring (bicyclic) bond motifs is 1. The molecule has 2 aromatic rings. The van der Waals surface area contributed by atoms with Crippen LogP contribution in [0.15, 0.2) is 18.2 Å². The largest absolute Gasteiger partial charge is 0.331 e. The second-order valence-corrected chi connectivity index (χ2v) is 6.32. The van der Waals surface area contributed by atoms with Crippen LogP contribution >= 0.6 is 12.2 Å². The molecule has 1 heterocycles. The molecular weight excluding hydrogens is 240 g/mol. The van der Waals surface area contributed by atoms with E-state index in [0.29, 0.717) is 6.04 Å². The van der Waals surface area contributed by atoms with Crippen molar-refractivity contribution in [3.63, 3.8) is 0 Å². The van der Waals surface area contributed by atoms with Crippen molar-refractivity contribution in [1.29, 1.82) is 0 Å². The molecular formula is C15H18N2S. The van der Waals surface area contributed by atoms with Crippen LogP contribution in [0.4, 0.5) is 0 Å². The molecule has 2 nitrogen and oxygen atoms in total. The molecule has 1 aromatic heterocycles. The number of H-pyrrole nitrogens is 1. The van der Waals surface area contributed by atoms with Crippen molar-refractivity contribution in [2.45, 2.75) is 38.6 Å². The summed E-state index contributed by atoms with van der Waals surface area (Å²) in [6.45, 7) is 2.19. The predicted octanol–water partition coefficient (Wildman–Crippen LogP) is 4.37. The fourth-order valence-electron chi connectivity index (χ4n) is 3.32. The lowest BCUT2D eigenvalue weighted by molar-refractivity contribution is 0.400. The van der Waals surface area contributed by atoms with E-state index in [1.165, 1.54) is 42.3 Å². The minimum absolute atomic E-state index is 0.660. The van der Waals surface area contributed by atoms with Crippen LogP contribution in [-0.4, -0.2) is 9.55 Å². The van der Waals surface area contributed by atoms with Gasteiger partial charge in [0.2, 0.25) is 0 Å². The fraction of sp³-hybridized carbons (Fsp3) is 0.533. The van der Waals surface area contributed by atoms with Crippen molar-refractivity contribution >= 4 is 23.3 Å². The summed E-state index contributed by atoms with van der Waals surface area (Å²) in [5, 5.41) is 0. The highest BCUT2D eigenvalue weighted by Gasteiger charge is 2.43. The zero-order chi connectivity index (χ0) is 12.3. The molecule has 2 saturated carbocycles. The topological polar surface area (TPSA) is 20.7 Å². The summed E-state index contributed by atoms with van der Waals surface area (Å²) in [5.41, 5.74) is 3.88. The smallest absolute Gasteiger partial charge is 0.178 e. The van der Waals surface area contributed by atoms with Crippen LogP contribution in [0.25, 0.3) is 11.0 Å². The molecule has 0 radical (unpaired) electrons. The van der Waals surface area contributed by atoms with Gasteiger partial charge in [0, 0.05) is 6.04 Å². The molecule has 2 fully saturated rings.